The zero-order chi connectivity index (χ0) is 17.4. The molecule has 1 aliphatic carbocycles. The van der Waals surface area contributed by atoms with Crippen LogP contribution in [0.25, 0.3) is 11.3 Å². The number of anilines is 1. The number of hydrogen-bond donors (Lipinski definition) is 1. The van der Waals surface area contributed by atoms with Gasteiger partial charge in [-0.3, -0.25) is 9.59 Å². The second-order valence-electron chi connectivity index (χ2n) is 5.57. The first-order valence-corrected chi connectivity index (χ1v) is 7.73. The molecule has 0 aliphatic heterocycles. The molecule has 0 amide bonds. The number of rotatable bonds is 4. The molecule has 0 saturated carbocycles. The molecule has 0 unspecified atom stereocenters. The van der Waals surface area contributed by atoms with E-state index in [2.05, 4.69) is 10.3 Å². The molecule has 0 spiro atoms. The normalized spacial score (nSPS) is 12.5. The smallest absolute Gasteiger partial charge is 0.255 e. The van der Waals surface area contributed by atoms with Crippen LogP contribution in [-0.4, -0.2) is 23.7 Å². The second kappa shape index (κ2) is 5.90. The molecule has 1 aliphatic rings. The van der Waals surface area contributed by atoms with Gasteiger partial charge in [0, 0.05) is 22.9 Å². The Labute approximate surface area is 143 Å². The van der Waals surface area contributed by atoms with Crippen molar-refractivity contribution in [3.8, 4) is 17.1 Å². The van der Waals surface area contributed by atoms with Crippen molar-refractivity contribution in [2.24, 2.45) is 0 Å². The van der Waals surface area contributed by atoms with Gasteiger partial charge >= 0.3 is 0 Å². The lowest BCUT2D eigenvalue weighted by atomic mass is 9.91. The third-order valence-corrected chi connectivity index (χ3v) is 4.02. The number of nitrogens with one attached hydrogen (secondary N) is 1. The molecule has 25 heavy (non-hydrogen) atoms. The summed E-state index contributed by atoms with van der Waals surface area (Å²) in [6.45, 7) is 0.282. The Kier molecular flexibility index (Phi) is 3.57. The summed E-state index contributed by atoms with van der Waals surface area (Å²) in [5.41, 5.74) is 1.86. The van der Waals surface area contributed by atoms with E-state index in [9.17, 15) is 9.59 Å². The molecule has 6 heteroatoms. The maximum Gasteiger partial charge on any atom is 0.255 e. The van der Waals surface area contributed by atoms with Crippen molar-refractivity contribution in [1.82, 2.24) is 4.98 Å². The number of Topliss-reactive ketones (excluding diaryl/α,β-unsaturated/α-hetero) is 2. The van der Waals surface area contributed by atoms with E-state index >= 15 is 0 Å². The van der Waals surface area contributed by atoms with E-state index in [1.165, 1.54) is 0 Å². The van der Waals surface area contributed by atoms with Gasteiger partial charge in [-0.2, -0.15) is 0 Å². The largest absolute Gasteiger partial charge is 0.497 e. The fourth-order valence-electron chi connectivity index (χ4n) is 2.80. The first-order valence-electron chi connectivity index (χ1n) is 7.73. The number of ether oxygens (including phenoxy) is 1. The molecular formula is C19H14N2O4. The molecule has 6 nitrogen and oxygen atoms in total. The average Bonchev–Trinajstić information content (AvgIpc) is 3.09. The maximum atomic E-state index is 12.2. The van der Waals surface area contributed by atoms with E-state index in [0.29, 0.717) is 22.8 Å². The number of oxazole rings is 1. The minimum absolute atomic E-state index is 0.0751. The standard InChI is InChI=1S/C19H14N2O4/c1-24-12-6-4-5-11(9-12)20-10-15-21-16-18(23)17(22)13-7-2-3-8-14(13)19(16)25-15/h2-9,20H,10H2,1H3. The van der Waals surface area contributed by atoms with Gasteiger partial charge in [0.05, 0.1) is 13.7 Å². The van der Waals surface area contributed by atoms with Crippen molar-refractivity contribution >= 4 is 17.3 Å². The van der Waals surface area contributed by atoms with Crippen molar-refractivity contribution in [2.45, 2.75) is 6.54 Å². The van der Waals surface area contributed by atoms with E-state index in [1.54, 1.807) is 31.4 Å². The van der Waals surface area contributed by atoms with Crippen molar-refractivity contribution in [3.05, 3.63) is 65.7 Å². The number of carbonyl (C=O) groups is 2. The number of fused-ring (bicyclic) bond motifs is 3. The van der Waals surface area contributed by atoms with Gasteiger partial charge in [0.25, 0.3) is 5.78 Å². The van der Waals surface area contributed by atoms with Crippen LogP contribution < -0.4 is 10.1 Å². The number of methoxy groups -OCH3 is 1. The van der Waals surface area contributed by atoms with Crippen molar-refractivity contribution in [1.29, 1.82) is 0 Å². The number of hydrogen-bond acceptors (Lipinski definition) is 6. The fourth-order valence-corrected chi connectivity index (χ4v) is 2.80. The van der Waals surface area contributed by atoms with Crippen molar-refractivity contribution in [2.75, 3.05) is 12.4 Å². The molecule has 0 atom stereocenters. The van der Waals surface area contributed by atoms with Crippen LogP contribution in [0.5, 0.6) is 5.75 Å². The topological polar surface area (TPSA) is 81.4 Å². The minimum atomic E-state index is -0.634. The zero-order valence-electron chi connectivity index (χ0n) is 13.4. The summed E-state index contributed by atoms with van der Waals surface area (Å²) in [4.78, 5) is 28.6. The highest BCUT2D eigenvalue weighted by Crippen LogP contribution is 2.34. The van der Waals surface area contributed by atoms with Crippen LogP contribution in [0.1, 0.15) is 26.7 Å². The summed E-state index contributed by atoms with van der Waals surface area (Å²) in [5.74, 6) is 0.230. The molecule has 124 valence electrons. The van der Waals surface area contributed by atoms with Crippen LogP contribution in [0.2, 0.25) is 0 Å². The van der Waals surface area contributed by atoms with Crippen LogP contribution in [0, 0.1) is 0 Å². The first-order chi connectivity index (χ1) is 12.2. The molecule has 3 aromatic rings. The number of ketones is 2. The van der Waals surface area contributed by atoms with Gasteiger partial charge in [0.1, 0.15) is 5.75 Å². The predicted molar refractivity (Wildman–Crippen MR) is 90.9 cm³/mol. The Balaban J connectivity index is 1.63. The van der Waals surface area contributed by atoms with Crippen molar-refractivity contribution < 1.29 is 18.7 Å². The van der Waals surface area contributed by atoms with Crippen LogP contribution in [-0.2, 0) is 6.54 Å². The molecule has 1 aromatic heterocycles. The third kappa shape index (κ3) is 2.57. The van der Waals surface area contributed by atoms with E-state index in [4.69, 9.17) is 9.15 Å². The molecule has 4 rings (SSSR count). The number of benzene rings is 2. The number of aromatic nitrogens is 1. The summed E-state index contributed by atoms with van der Waals surface area (Å²) in [6.07, 6.45) is 0. The lowest BCUT2D eigenvalue weighted by Gasteiger charge is -2.10. The van der Waals surface area contributed by atoms with Crippen LogP contribution in [0.4, 0.5) is 5.69 Å². The molecule has 1 N–H and O–H groups in total. The Morgan fingerprint density at radius 3 is 2.64 bits per heavy atom. The van der Waals surface area contributed by atoms with Crippen LogP contribution >= 0.6 is 0 Å². The van der Waals surface area contributed by atoms with Gasteiger partial charge in [-0.05, 0) is 12.1 Å². The molecule has 0 radical (unpaired) electrons. The highest BCUT2D eigenvalue weighted by molar-refractivity contribution is 6.52. The summed E-state index contributed by atoms with van der Waals surface area (Å²) in [6, 6.07) is 14.3. The summed E-state index contributed by atoms with van der Waals surface area (Å²) in [5, 5.41) is 3.16. The molecule has 2 aromatic carbocycles. The van der Waals surface area contributed by atoms with Gasteiger partial charge in [-0.15, -0.1) is 0 Å². The van der Waals surface area contributed by atoms with E-state index < -0.39 is 11.6 Å². The average molecular weight is 334 g/mol. The maximum absolute atomic E-state index is 12.2. The first kappa shape index (κ1) is 15.1. The Bertz CT molecular complexity index is 991. The molecular weight excluding hydrogens is 320 g/mol. The Hall–Kier alpha value is -3.41. The molecule has 0 fully saturated rings. The van der Waals surface area contributed by atoms with Gasteiger partial charge in [0.2, 0.25) is 11.7 Å². The Morgan fingerprint density at radius 1 is 1.04 bits per heavy atom. The zero-order valence-corrected chi connectivity index (χ0v) is 13.4. The third-order valence-electron chi connectivity index (χ3n) is 4.02. The second-order valence-corrected chi connectivity index (χ2v) is 5.57. The van der Waals surface area contributed by atoms with E-state index in [0.717, 1.165) is 11.4 Å². The highest BCUT2D eigenvalue weighted by atomic mass is 16.5. The lowest BCUT2D eigenvalue weighted by molar-refractivity contribution is 0.0812. The van der Waals surface area contributed by atoms with E-state index in [1.807, 2.05) is 24.3 Å². The van der Waals surface area contributed by atoms with E-state index in [-0.39, 0.29) is 12.2 Å². The van der Waals surface area contributed by atoms with Gasteiger partial charge in [-0.1, -0.05) is 30.3 Å². The minimum Gasteiger partial charge on any atom is -0.497 e. The quantitative estimate of drug-likeness (QED) is 0.737. The van der Waals surface area contributed by atoms with Crippen LogP contribution in [0.3, 0.4) is 0 Å². The monoisotopic (exact) mass is 334 g/mol. The van der Waals surface area contributed by atoms with Gasteiger partial charge in [-0.25, -0.2) is 4.98 Å². The Morgan fingerprint density at radius 2 is 1.84 bits per heavy atom. The van der Waals surface area contributed by atoms with Gasteiger partial charge in [0.15, 0.2) is 11.5 Å². The van der Waals surface area contributed by atoms with Gasteiger partial charge < -0.3 is 14.5 Å². The molecule has 1 heterocycles. The summed E-state index contributed by atoms with van der Waals surface area (Å²) in [7, 11) is 1.60. The molecule has 0 bridgehead atoms. The SMILES string of the molecule is COc1cccc(NCc2nc3c(o2)-c2ccccc2C(=O)C3=O)c1. The molecule has 0 saturated heterocycles. The summed E-state index contributed by atoms with van der Waals surface area (Å²) >= 11 is 0. The lowest BCUT2D eigenvalue weighted by Crippen LogP contribution is -2.20. The fraction of sp³-hybridized carbons (Fsp3) is 0.105. The highest BCUT2D eigenvalue weighted by Gasteiger charge is 2.35. The predicted octanol–water partition coefficient (Wildman–Crippen LogP) is 3.34. The summed E-state index contributed by atoms with van der Waals surface area (Å²) < 4.78 is 10.9. The number of nitrogens with zero attached hydrogens (tertiary/aromatic N) is 1. The van der Waals surface area contributed by atoms with Crippen LogP contribution in [0.15, 0.2) is 52.9 Å². The van der Waals surface area contributed by atoms with Crippen molar-refractivity contribution in [3.63, 3.8) is 0 Å². The number of carbonyl (C=O) groups excluding carboxylic acids is 2.